The van der Waals surface area contributed by atoms with Crippen LogP contribution in [0.3, 0.4) is 0 Å². The summed E-state index contributed by atoms with van der Waals surface area (Å²) in [7, 11) is 1.40. The SMILES string of the molecule is CNC(=O)[C@H](N)Cc1cc(F)c(F)c(F)c1.Cl. The first-order valence-electron chi connectivity index (χ1n) is 4.56. The van der Waals surface area contributed by atoms with E-state index in [0.29, 0.717) is 0 Å². The first-order valence-corrected chi connectivity index (χ1v) is 4.56. The van der Waals surface area contributed by atoms with Crippen LogP contribution in [0.15, 0.2) is 12.1 Å². The average molecular weight is 269 g/mol. The van der Waals surface area contributed by atoms with Gasteiger partial charge in [-0.15, -0.1) is 12.4 Å². The van der Waals surface area contributed by atoms with Crippen LogP contribution in [0.5, 0.6) is 0 Å². The molecule has 0 saturated heterocycles. The third kappa shape index (κ3) is 3.90. The molecule has 1 aromatic rings. The molecule has 0 aliphatic rings. The highest BCUT2D eigenvalue weighted by molar-refractivity contribution is 5.85. The molecule has 3 nitrogen and oxygen atoms in total. The minimum Gasteiger partial charge on any atom is -0.358 e. The number of nitrogens with one attached hydrogen (secondary N) is 1. The van der Waals surface area contributed by atoms with Crippen LogP contribution in [0, 0.1) is 17.5 Å². The predicted molar refractivity (Wildman–Crippen MR) is 59.3 cm³/mol. The van der Waals surface area contributed by atoms with Crippen LogP contribution >= 0.6 is 12.4 Å². The van der Waals surface area contributed by atoms with Crippen molar-refractivity contribution < 1.29 is 18.0 Å². The highest BCUT2D eigenvalue weighted by Gasteiger charge is 2.16. The largest absolute Gasteiger partial charge is 0.358 e. The van der Waals surface area contributed by atoms with E-state index in [1.165, 1.54) is 7.05 Å². The molecular formula is C10H12ClF3N2O. The molecule has 0 fully saturated rings. The van der Waals surface area contributed by atoms with Gasteiger partial charge in [-0.1, -0.05) is 0 Å². The highest BCUT2D eigenvalue weighted by atomic mass is 35.5. The van der Waals surface area contributed by atoms with Gasteiger partial charge in [0.25, 0.3) is 0 Å². The smallest absolute Gasteiger partial charge is 0.237 e. The number of hydrogen-bond donors (Lipinski definition) is 2. The molecule has 7 heteroatoms. The van der Waals surface area contributed by atoms with E-state index < -0.39 is 29.4 Å². The number of rotatable bonds is 3. The molecule has 3 N–H and O–H groups in total. The van der Waals surface area contributed by atoms with Gasteiger partial charge < -0.3 is 11.1 Å². The molecule has 17 heavy (non-hydrogen) atoms. The van der Waals surface area contributed by atoms with Crippen molar-refractivity contribution in [3.8, 4) is 0 Å². The quantitative estimate of drug-likeness (QED) is 0.808. The minimum absolute atomic E-state index is 0. The zero-order chi connectivity index (χ0) is 12.3. The van der Waals surface area contributed by atoms with Gasteiger partial charge in [0.2, 0.25) is 5.91 Å². The van der Waals surface area contributed by atoms with E-state index in [-0.39, 0.29) is 24.4 Å². The molecule has 0 aromatic heterocycles. The molecule has 0 aliphatic heterocycles. The molecular weight excluding hydrogens is 257 g/mol. The summed E-state index contributed by atoms with van der Waals surface area (Å²) in [5, 5.41) is 2.30. The van der Waals surface area contributed by atoms with Crippen LogP contribution in [-0.4, -0.2) is 19.0 Å². The zero-order valence-electron chi connectivity index (χ0n) is 8.97. The number of benzene rings is 1. The van der Waals surface area contributed by atoms with Crippen LogP contribution in [0.25, 0.3) is 0 Å². The average Bonchev–Trinajstić information content (AvgIpc) is 2.24. The number of nitrogens with two attached hydrogens (primary N) is 1. The first-order chi connectivity index (χ1) is 7.45. The second-order valence-corrected chi connectivity index (χ2v) is 3.30. The molecule has 0 radical (unpaired) electrons. The van der Waals surface area contributed by atoms with Crippen LogP contribution in [-0.2, 0) is 11.2 Å². The second-order valence-electron chi connectivity index (χ2n) is 3.30. The fourth-order valence-electron chi connectivity index (χ4n) is 1.26. The van der Waals surface area contributed by atoms with E-state index in [1.54, 1.807) is 0 Å². The van der Waals surface area contributed by atoms with Crippen molar-refractivity contribution in [2.45, 2.75) is 12.5 Å². The van der Waals surface area contributed by atoms with Crippen LogP contribution in [0.1, 0.15) is 5.56 Å². The van der Waals surface area contributed by atoms with Crippen LogP contribution in [0.2, 0.25) is 0 Å². The van der Waals surface area contributed by atoms with Gasteiger partial charge in [0.1, 0.15) is 0 Å². The Balaban J connectivity index is 0.00000256. The van der Waals surface area contributed by atoms with Crippen molar-refractivity contribution in [3.05, 3.63) is 35.1 Å². The standard InChI is InChI=1S/C10H11F3N2O.ClH/c1-15-10(16)8(14)4-5-2-6(11)9(13)7(12)3-5;/h2-3,8H,4,14H2,1H3,(H,15,16);1H/t8-;/m1./s1. The highest BCUT2D eigenvalue weighted by Crippen LogP contribution is 2.14. The number of amides is 1. The maximum Gasteiger partial charge on any atom is 0.237 e. The predicted octanol–water partition coefficient (Wildman–Crippen LogP) is 1.14. The zero-order valence-corrected chi connectivity index (χ0v) is 9.78. The lowest BCUT2D eigenvalue weighted by Gasteiger charge is -2.10. The number of hydrogen-bond acceptors (Lipinski definition) is 2. The van der Waals surface area contributed by atoms with Crippen molar-refractivity contribution in [2.24, 2.45) is 5.73 Å². The topological polar surface area (TPSA) is 55.1 Å². The lowest BCUT2D eigenvalue weighted by molar-refractivity contribution is -0.121. The van der Waals surface area contributed by atoms with Gasteiger partial charge in [-0.3, -0.25) is 4.79 Å². The third-order valence-electron chi connectivity index (χ3n) is 2.08. The van der Waals surface area contributed by atoms with E-state index in [1.807, 2.05) is 0 Å². The maximum atomic E-state index is 12.8. The molecule has 0 bridgehead atoms. The van der Waals surface area contributed by atoms with Gasteiger partial charge in [-0.2, -0.15) is 0 Å². The number of halogens is 4. The Bertz CT molecular complexity index is 392. The first kappa shape index (κ1) is 15.7. The van der Waals surface area contributed by atoms with Gasteiger partial charge in [-0.25, -0.2) is 13.2 Å². The van der Waals surface area contributed by atoms with Crippen molar-refractivity contribution in [2.75, 3.05) is 7.05 Å². The normalized spacial score (nSPS) is 11.6. The number of likely N-dealkylation sites (N-methyl/N-ethyl adjacent to an activating group) is 1. The van der Waals surface area contributed by atoms with Gasteiger partial charge in [0.15, 0.2) is 17.5 Å². The van der Waals surface area contributed by atoms with E-state index in [0.717, 1.165) is 12.1 Å². The fourth-order valence-corrected chi connectivity index (χ4v) is 1.26. The summed E-state index contributed by atoms with van der Waals surface area (Å²) in [5.74, 6) is -4.57. The Labute approximate surface area is 103 Å². The summed E-state index contributed by atoms with van der Waals surface area (Å²) in [6, 6.07) is 0.719. The molecule has 1 aromatic carbocycles. The van der Waals surface area contributed by atoms with Crippen molar-refractivity contribution in [1.82, 2.24) is 5.32 Å². The molecule has 1 atom stereocenters. The van der Waals surface area contributed by atoms with Gasteiger partial charge in [-0.05, 0) is 24.1 Å². The summed E-state index contributed by atoms with van der Waals surface area (Å²) >= 11 is 0. The Hall–Kier alpha value is -1.27. The second kappa shape index (κ2) is 6.46. The van der Waals surface area contributed by atoms with Gasteiger partial charge >= 0.3 is 0 Å². The minimum atomic E-state index is -1.53. The number of carbonyl (C=O) groups excluding carboxylic acids is 1. The van der Waals surface area contributed by atoms with E-state index in [2.05, 4.69) is 5.32 Å². The maximum absolute atomic E-state index is 12.8. The Morgan fingerprint density at radius 2 is 1.82 bits per heavy atom. The van der Waals surface area contributed by atoms with Gasteiger partial charge in [0, 0.05) is 7.05 Å². The van der Waals surface area contributed by atoms with E-state index >= 15 is 0 Å². The Morgan fingerprint density at radius 1 is 1.35 bits per heavy atom. The van der Waals surface area contributed by atoms with Crippen LogP contribution in [0.4, 0.5) is 13.2 Å². The molecule has 0 saturated carbocycles. The van der Waals surface area contributed by atoms with Crippen molar-refractivity contribution >= 4 is 18.3 Å². The Morgan fingerprint density at radius 3 is 2.24 bits per heavy atom. The lowest BCUT2D eigenvalue weighted by Crippen LogP contribution is -2.40. The molecule has 0 unspecified atom stereocenters. The summed E-state index contributed by atoms with van der Waals surface area (Å²) in [6.45, 7) is 0. The van der Waals surface area contributed by atoms with E-state index in [4.69, 9.17) is 5.73 Å². The molecule has 96 valence electrons. The monoisotopic (exact) mass is 268 g/mol. The summed E-state index contributed by atoms with van der Waals surface area (Å²) < 4.78 is 38.2. The molecule has 0 spiro atoms. The third-order valence-corrected chi connectivity index (χ3v) is 2.08. The Kier molecular flexibility index (Phi) is 5.98. The summed E-state index contributed by atoms with van der Waals surface area (Å²) in [4.78, 5) is 11.1. The number of carbonyl (C=O) groups is 1. The molecule has 0 aliphatic carbocycles. The summed E-state index contributed by atoms with van der Waals surface area (Å²) in [5.41, 5.74) is 5.58. The summed E-state index contributed by atoms with van der Waals surface area (Å²) in [6.07, 6.45) is -0.0617. The molecule has 1 rings (SSSR count). The fraction of sp³-hybridized carbons (Fsp3) is 0.300. The van der Waals surface area contributed by atoms with E-state index in [9.17, 15) is 18.0 Å². The van der Waals surface area contributed by atoms with Crippen LogP contribution < -0.4 is 11.1 Å². The lowest BCUT2D eigenvalue weighted by atomic mass is 10.1. The van der Waals surface area contributed by atoms with Crippen molar-refractivity contribution in [3.63, 3.8) is 0 Å². The van der Waals surface area contributed by atoms with Gasteiger partial charge in [0.05, 0.1) is 6.04 Å². The molecule has 0 heterocycles. The van der Waals surface area contributed by atoms with Crippen molar-refractivity contribution in [1.29, 1.82) is 0 Å². The molecule has 1 amide bonds.